The Morgan fingerprint density at radius 1 is 1.39 bits per heavy atom. The van der Waals surface area contributed by atoms with E-state index in [1.54, 1.807) is 12.1 Å². The van der Waals surface area contributed by atoms with Crippen LogP contribution in [0.25, 0.3) is 0 Å². The standard InChI is InChI=1S/C13H13F2NO2/c1-10(17)16-9-3-2-4-11-5-7-12(8-6-11)18-13(14)15/h5-8,13H,3,9H2,1H3,(H,16,17). The highest BCUT2D eigenvalue weighted by Crippen LogP contribution is 2.14. The van der Waals surface area contributed by atoms with Gasteiger partial charge in [-0.1, -0.05) is 11.8 Å². The molecule has 0 radical (unpaired) electrons. The van der Waals surface area contributed by atoms with Gasteiger partial charge in [-0.15, -0.1) is 0 Å². The van der Waals surface area contributed by atoms with Crippen LogP contribution in [0.15, 0.2) is 24.3 Å². The fourth-order valence-corrected chi connectivity index (χ4v) is 1.19. The summed E-state index contributed by atoms with van der Waals surface area (Å²) in [6.07, 6.45) is 0.537. The molecule has 0 spiro atoms. The lowest BCUT2D eigenvalue weighted by Gasteiger charge is -2.03. The Bertz CT molecular complexity index is 446. The predicted octanol–water partition coefficient (Wildman–Crippen LogP) is 2.17. The Morgan fingerprint density at radius 2 is 2.06 bits per heavy atom. The quantitative estimate of drug-likeness (QED) is 0.659. The van der Waals surface area contributed by atoms with E-state index >= 15 is 0 Å². The molecule has 1 aromatic rings. The number of ether oxygens (including phenoxy) is 1. The SMILES string of the molecule is CC(=O)NCCC#Cc1ccc(OC(F)F)cc1. The molecular formula is C13H13F2NO2. The fourth-order valence-electron chi connectivity index (χ4n) is 1.19. The molecule has 0 saturated carbocycles. The molecule has 3 nitrogen and oxygen atoms in total. The van der Waals surface area contributed by atoms with Gasteiger partial charge in [-0.2, -0.15) is 8.78 Å². The number of rotatable bonds is 4. The molecule has 0 aliphatic rings. The lowest BCUT2D eigenvalue weighted by atomic mass is 10.2. The van der Waals surface area contributed by atoms with Gasteiger partial charge in [0.15, 0.2) is 0 Å². The summed E-state index contributed by atoms with van der Waals surface area (Å²) in [6, 6.07) is 6.07. The Balaban J connectivity index is 2.43. The average molecular weight is 253 g/mol. The maximum absolute atomic E-state index is 11.9. The van der Waals surface area contributed by atoms with Gasteiger partial charge in [-0.3, -0.25) is 4.79 Å². The van der Waals surface area contributed by atoms with E-state index in [2.05, 4.69) is 21.9 Å². The lowest BCUT2D eigenvalue weighted by molar-refractivity contribution is -0.118. The van der Waals surface area contributed by atoms with Crippen molar-refractivity contribution >= 4 is 5.91 Å². The van der Waals surface area contributed by atoms with Crippen molar-refractivity contribution in [2.45, 2.75) is 20.0 Å². The summed E-state index contributed by atoms with van der Waals surface area (Å²) >= 11 is 0. The molecule has 0 aromatic heterocycles. The first-order chi connectivity index (χ1) is 8.58. The molecule has 0 atom stereocenters. The molecular weight excluding hydrogens is 240 g/mol. The number of amides is 1. The third kappa shape index (κ3) is 5.85. The van der Waals surface area contributed by atoms with Crippen molar-refractivity contribution in [3.63, 3.8) is 0 Å². The van der Waals surface area contributed by atoms with Gasteiger partial charge in [0, 0.05) is 25.5 Å². The summed E-state index contributed by atoms with van der Waals surface area (Å²) in [6.45, 7) is -0.885. The number of nitrogens with one attached hydrogen (secondary N) is 1. The van der Waals surface area contributed by atoms with E-state index in [4.69, 9.17) is 0 Å². The molecule has 1 aromatic carbocycles. The Morgan fingerprint density at radius 3 is 2.61 bits per heavy atom. The van der Waals surface area contributed by atoms with E-state index in [-0.39, 0.29) is 11.7 Å². The minimum atomic E-state index is -2.82. The number of carbonyl (C=O) groups is 1. The molecule has 5 heteroatoms. The highest BCUT2D eigenvalue weighted by atomic mass is 19.3. The van der Waals surface area contributed by atoms with Crippen LogP contribution < -0.4 is 10.1 Å². The zero-order valence-corrected chi connectivity index (χ0v) is 9.87. The zero-order chi connectivity index (χ0) is 13.4. The van der Waals surface area contributed by atoms with Crippen LogP contribution in [0.5, 0.6) is 5.75 Å². The van der Waals surface area contributed by atoms with E-state index < -0.39 is 6.61 Å². The smallest absolute Gasteiger partial charge is 0.387 e. The Labute approximate surface area is 104 Å². The molecule has 0 aliphatic carbocycles. The fraction of sp³-hybridized carbons (Fsp3) is 0.308. The van der Waals surface area contributed by atoms with Crippen LogP contribution in [-0.4, -0.2) is 19.1 Å². The topological polar surface area (TPSA) is 38.3 Å². The number of alkyl halides is 2. The Hall–Kier alpha value is -2.09. The minimum absolute atomic E-state index is 0.0923. The van der Waals surface area contributed by atoms with Crippen LogP contribution in [0.4, 0.5) is 8.78 Å². The molecule has 96 valence electrons. The van der Waals surface area contributed by atoms with E-state index in [1.807, 2.05) is 0 Å². The van der Waals surface area contributed by atoms with Crippen molar-refractivity contribution in [2.24, 2.45) is 0 Å². The van der Waals surface area contributed by atoms with Crippen LogP contribution in [0, 0.1) is 11.8 Å². The monoisotopic (exact) mass is 253 g/mol. The third-order valence-corrected chi connectivity index (χ3v) is 1.94. The number of hydrogen-bond donors (Lipinski definition) is 1. The molecule has 1 rings (SSSR count). The Kier molecular flexibility index (Phi) is 5.65. The molecule has 0 bridgehead atoms. The van der Waals surface area contributed by atoms with Crippen LogP contribution in [0.1, 0.15) is 18.9 Å². The summed E-state index contributed by atoms with van der Waals surface area (Å²) in [5.41, 5.74) is 0.708. The zero-order valence-electron chi connectivity index (χ0n) is 9.87. The van der Waals surface area contributed by atoms with Gasteiger partial charge in [0.1, 0.15) is 5.75 Å². The summed E-state index contributed by atoms with van der Waals surface area (Å²) < 4.78 is 28.0. The predicted molar refractivity (Wildman–Crippen MR) is 63.3 cm³/mol. The van der Waals surface area contributed by atoms with Crippen LogP contribution in [-0.2, 0) is 4.79 Å². The van der Waals surface area contributed by atoms with Crippen molar-refractivity contribution in [1.82, 2.24) is 5.32 Å². The van der Waals surface area contributed by atoms with Gasteiger partial charge >= 0.3 is 6.61 Å². The summed E-state index contributed by atoms with van der Waals surface area (Å²) in [5.74, 6) is 5.73. The molecule has 0 unspecified atom stereocenters. The normalized spacial score (nSPS) is 9.56. The second-order valence-electron chi connectivity index (χ2n) is 3.44. The van der Waals surface area contributed by atoms with Crippen LogP contribution in [0.3, 0.4) is 0 Å². The molecule has 0 aliphatic heterocycles. The van der Waals surface area contributed by atoms with Gasteiger partial charge < -0.3 is 10.1 Å². The second-order valence-corrected chi connectivity index (χ2v) is 3.44. The number of hydrogen-bond acceptors (Lipinski definition) is 2. The molecule has 1 N–H and O–H groups in total. The minimum Gasteiger partial charge on any atom is -0.435 e. The van der Waals surface area contributed by atoms with E-state index in [0.29, 0.717) is 18.5 Å². The first kappa shape index (κ1) is 14.0. The van der Waals surface area contributed by atoms with Crippen molar-refractivity contribution in [3.05, 3.63) is 29.8 Å². The third-order valence-electron chi connectivity index (χ3n) is 1.94. The van der Waals surface area contributed by atoms with Gasteiger partial charge in [0.2, 0.25) is 5.91 Å². The van der Waals surface area contributed by atoms with E-state index in [1.165, 1.54) is 19.1 Å². The van der Waals surface area contributed by atoms with Gasteiger partial charge in [0.05, 0.1) is 0 Å². The summed E-state index contributed by atoms with van der Waals surface area (Å²) in [4.78, 5) is 10.6. The van der Waals surface area contributed by atoms with Crippen molar-refractivity contribution < 1.29 is 18.3 Å². The van der Waals surface area contributed by atoms with E-state index in [0.717, 1.165) is 0 Å². The highest BCUT2D eigenvalue weighted by molar-refractivity contribution is 5.72. The maximum Gasteiger partial charge on any atom is 0.387 e. The molecule has 0 fully saturated rings. The first-order valence-electron chi connectivity index (χ1n) is 5.36. The van der Waals surface area contributed by atoms with Crippen molar-refractivity contribution in [1.29, 1.82) is 0 Å². The van der Waals surface area contributed by atoms with Gasteiger partial charge in [-0.05, 0) is 24.3 Å². The highest BCUT2D eigenvalue weighted by Gasteiger charge is 2.02. The average Bonchev–Trinajstić information content (AvgIpc) is 2.30. The maximum atomic E-state index is 11.9. The van der Waals surface area contributed by atoms with E-state index in [9.17, 15) is 13.6 Å². The molecule has 1 amide bonds. The summed E-state index contributed by atoms with van der Waals surface area (Å²) in [7, 11) is 0. The van der Waals surface area contributed by atoms with Crippen LogP contribution >= 0.6 is 0 Å². The van der Waals surface area contributed by atoms with Crippen LogP contribution in [0.2, 0.25) is 0 Å². The number of carbonyl (C=O) groups excluding carboxylic acids is 1. The molecule has 0 heterocycles. The molecule has 0 saturated heterocycles. The first-order valence-corrected chi connectivity index (χ1v) is 5.36. The second kappa shape index (κ2) is 7.28. The largest absolute Gasteiger partial charge is 0.435 e. The van der Waals surface area contributed by atoms with Crippen molar-refractivity contribution in [2.75, 3.05) is 6.54 Å². The molecule has 18 heavy (non-hydrogen) atoms. The lowest BCUT2D eigenvalue weighted by Crippen LogP contribution is -2.20. The number of halogens is 2. The van der Waals surface area contributed by atoms with Gasteiger partial charge in [-0.25, -0.2) is 0 Å². The van der Waals surface area contributed by atoms with Gasteiger partial charge in [0.25, 0.3) is 0 Å². The summed E-state index contributed by atoms with van der Waals surface area (Å²) in [5, 5.41) is 2.62. The number of benzene rings is 1. The van der Waals surface area contributed by atoms with Crippen molar-refractivity contribution in [3.8, 4) is 17.6 Å².